The molecule has 94 valence electrons. The Hall–Kier alpha value is -0.860. The van der Waals surface area contributed by atoms with Gasteiger partial charge in [-0.25, -0.2) is 0 Å². The molecule has 1 aliphatic rings. The first-order chi connectivity index (χ1) is 7.71. The van der Waals surface area contributed by atoms with Gasteiger partial charge in [0, 0.05) is 13.0 Å². The van der Waals surface area contributed by atoms with Gasteiger partial charge in [0.15, 0.2) is 5.78 Å². The second-order valence-corrected chi connectivity index (χ2v) is 4.77. The van der Waals surface area contributed by atoms with Crippen molar-refractivity contribution in [3.8, 4) is 0 Å². The maximum absolute atomic E-state index is 11.7. The van der Waals surface area contributed by atoms with Crippen LogP contribution in [0.15, 0.2) is 30.3 Å². The molecule has 1 fully saturated rings. The third-order valence-electron chi connectivity index (χ3n) is 3.47. The standard InChI is InChI=1S/C14H19NO.ClH/c1-14(10-5-8-13(14)16)15-11-9-12-6-3-2-4-7-12;/h2-4,6-7,15H,5,8-11H2,1H3;1H. The summed E-state index contributed by atoms with van der Waals surface area (Å²) in [5.41, 5.74) is 1.07. The first-order valence-corrected chi connectivity index (χ1v) is 6.03. The lowest BCUT2D eigenvalue weighted by atomic mass is 9.99. The maximum atomic E-state index is 11.7. The smallest absolute Gasteiger partial charge is 0.152 e. The molecule has 1 unspecified atom stereocenters. The van der Waals surface area contributed by atoms with E-state index in [1.54, 1.807) is 0 Å². The number of ketones is 1. The summed E-state index contributed by atoms with van der Waals surface area (Å²) < 4.78 is 0. The highest BCUT2D eigenvalue weighted by molar-refractivity contribution is 5.89. The fourth-order valence-corrected chi connectivity index (χ4v) is 2.33. The molecule has 1 aromatic carbocycles. The van der Waals surface area contributed by atoms with E-state index < -0.39 is 0 Å². The number of benzene rings is 1. The highest BCUT2D eigenvalue weighted by Gasteiger charge is 2.36. The molecule has 1 aliphatic carbocycles. The number of hydrogen-bond donors (Lipinski definition) is 1. The molecule has 0 saturated heterocycles. The first kappa shape index (κ1) is 14.2. The van der Waals surface area contributed by atoms with Gasteiger partial charge in [0.05, 0.1) is 5.54 Å². The monoisotopic (exact) mass is 253 g/mol. The normalized spacial score (nSPS) is 23.5. The second-order valence-electron chi connectivity index (χ2n) is 4.77. The highest BCUT2D eigenvalue weighted by Crippen LogP contribution is 2.25. The molecule has 1 N–H and O–H groups in total. The summed E-state index contributed by atoms with van der Waals surface area (Å²) in [5.74, 6) is 0.376. The summed E-state index contributed by atoms with van der Waals surface area (Å²) in [6.07, 6.45) is 3.76. The minimum Gasteiger partial charge on any atom is -0.305 e. The topological polar surface area (TPSA) is 29.1 Å². The molecule has 0 amide bonds. The van der Waals surface area contributed by atoms with E-state index in [1.807, 2.05) is 13.0 Å². The quantitative estimate of drug-likeness (QED) is 0.894. The lowest BCUT2D eigenvalue weighted by molar-refractivity contribution is -0.122. The number of halogens is 1. The molecule has 0 aliphatic heterocycles. The van der Waals surface area contributed by atoms with Crippen LogP contribution in [0, 0.1) is 0 Å². The zero-order chi connectivity index (χ0) is 11.4. The number of carbonyl (C=O) groups excluding carboxylic acids is 1. The first-order valence-electron chi connectivity index (χ1n) is 6.03. The van der Waals surface area contributed by atoms with Gasteiger partial charge in [-0.3, -0.25) is 4.79 Å². The van der Waals surface area contributed by atoms with E-state index in [4.69, 9.17) is 0 Å². The van der Waals surface area contributed by atoms with E-state index in [1.165, 1.54) is 5.56 Å². The number of Topliss-reactive ketones (excluding diaryl/α,β-unsaturated/α-hetero) is 1. The van der Waals surface area contributed by atoms with Crippen molar-refractivity contribution in [3.05, 3.63) is 35.9 Å². The van der Waals surface area contributed by atoms with Crippen LogP contribution in [0.5, 0.6) is 0 Å². The van der Waals surface area contributed by atoms with Crippen LogP contribution >= 0.6 is 12.4 Å². The molecule has 1 aromatic rings. The van der Waals surface area contributed by atoms with Crippen molar-refractivity contribution in [2.24, 2.45) is 0 Å². The van der Waals surface area contributed by atoms with Crippen LogP contribution in [0.1, 0.15) is 31.7 Å². The van der Waals surface area contributed by atoms with Gasteiger partial charge in [0.1, 0.15) is 0 Å². The number of carbonyl (C=O) groups is 1. The SMILES string of the molecule is CC1(NCCc2ccccc2)CCCC1=O.Cl. The van der Waals surface area contributed by atoms with Crippen molar-refractivity contribution in [2.75, 3.05) is 6.54 Å². The lowest BCUT2D eigenvalue weighted by Gasteiger charge is -2.23. The van der Waals surface area contributed by atoms with Crippen LogP contribution in [0.2, 0.25) is 0 Å². The maximum Gasteiger partial charge on any atom is 0.152 e. The molecule has 0 spiro atoms. The van der Waals surface area contributed by atoms with Crippen molar-refractivity contribution < 1.29 is 4.79 Å². The average molecular weight is 254 g/mol. The van der Waals surface area contributed by atoms with Crippen molar-refractivity contribution in [1.82, 2.24) is 5.32 Å². The van der Waals surface area contributed by atoms with Crippen LogP contribution < -0.4 is 5.32 Å². The van der Waals surface area contributed by atoms with Gasteiger partial charge in [-0.05, 0) is 31.7 Å². The van der Waals surface area contributed by atoms with Crippen LogP contribution in [0.25, 0.3) is 0 Å². The highest BCUT2D eigenvalue weighted by atomic mass is 35.5. The molecule has 1 saturated carbocycles. The van der Waals surface area contributed by atoms with Gasteiger partial charge < -0.3 is 5.32 Å². The molecule has 17 heavy (non-hydrogen) atoms. The fraction of sp³-hybridized carbons (Fsp3) is 0.500. The summed E-state index contributed by atoms with van der Waals surface area (Å²) in [7, 11) is 0. The summed E-state index contributed by atoms with van der Waals surface area (Å²) in [6.45, 7) is 2.92. The van der Waals surface area contributed by atoms with Gasteiger partial charge in [0.2, 0.25) is 0 Å². The van der Waals surface area contributed by atoms with Gasteiger partial charge in [-0.1, -0.05) is 30.3 Å². The number of nitrogens with one attached hydrogen (secondary N) is 1. The van der Waals surface area contributed by atoms with E-state index in [-0.39, 0.29) is 17.9 Å². The molecular weight excluding hydrogens is 234 g/mol. The van der Waals surface area contributed by atoms with Crippen molar-refractivity contribution in [1.29, 1.82) is 0 Å². The van der Waals surface area contributed by atoms with Gasteiger partial charge in [-0.15, -0.1) is 12.4 Å². The van der Waals surface area contributed by atoms with Crippen LogP contribution in [0.3, 0.4) is 0 Å². The summed E-state index contributed by atoms with van der Waals surface area (Å²) in [6, 6.07) is 10.4. The lowest BCUT2D eigenvalue weighted by Crippen LogP contribution is -2.46. The molecule has 0 heterocycles. The van der Waals surface area contributed by atoms with Crippen molar-refractivity contribution in [2.45, 2.75) is 38.1 Å². The Morgan fingerprint density at radius 3 is 2.59 bits per heavy atom. The number of rotatable bonds is 4. The Kier molecular flexibility index (Phi) is 5.16. The zero-order valence-electron chi connectivity index (χ0n) is 10.2. The summed E-state index contributed by atoms with van der Waals surface area (Å²) in [4.78, 5) is 11.7. The third-order valence-corrected chi connectivity index (χ3v) is 3.47. The second kappa shape index (κ2) is 6.18. The van der Waals surface area contributed by atoms with E-state index in [2.05, 4.69) is 29.6 Å². The largest absolute Gasteiger partial charge is 0.305 e. The van der Waals surface area contributed by atoms with E-state index >= 15 is 0 Å². The summed E-state index contributed by atoms with van der Waals surface area (Å²) >= 11 is 0. The Balaban J connectivity index is 0.00000144. The molecule has 0 aromatic heterocycles. The van der Waals surface area contributed by atoms with Crippen molar-refractivity contribution >= 4 is 18.2 Å². The van der Waals surface area contributed by atoms with Gasteiger partial charge in [-0.2, -0.15) is 0 Å². The van der Waals surface area contributed by atoms with Gasteiger partial charge in [0.25, 0.3) is 0 Å². The Labute approximate surface area is 109 Å². The molecule has 0 bridgehead atoms. The van der Waals surface area contributed by atoms with Crippen molar-refractivity contribution in [3.63, 3.8) is 0 Å². The third kappa shape index (κ3) is 3.55. The van der Waals surface area contributed by atoms with E-state index in [9.17, 15) is 4.79 Å². The van der Waals surface area contributed by atoms with Crippen LogP contribution in [0.4, 0.5) is 0 Å². The van der Waals surface area contributed by atoms with E-state index in [0.717, 1.165) is 32.2 Å². The van der Waals surface area contributed by atoms with E-state index in [0.29, 0.717) is 5.78 Å². The minimum atomic E-state index is -0.255. The molecular formula is C14H20ClNO. The fourth-order valence-electron chi connectivity index (χ4n) is 2.33. The minimum absolute atomic E-state index is 0. The molecule has 1 atom stereocenters. The average Bonchev–Trinajstić information content (AvgIpc) is 2.61. The molecule has 2 nitrogen and oxygen atoms in total. The Morgan fingerprint density at radius 2 is 2.00 bits per heavy atom. The van der Waals surface area contributed by atoms with Crippen LogP contribution in [-0.2, 0) is 11.2 Å². The number of hydrogen-bond acceptors (Lipinski definition) is 2. The predicted molar refractivity (Wildman–Crippen MR) is 72.7 cm³/mol. The summed E-state index contributed by atoms with van der Waals surface area (Å²) in [5, 5.41) is 3.41. The molecule has 2 rings (SSSR count). The zero-order valence-corrected chi connectivity index (χ0v) is 11.1. The molecule has 0 radical (unpaired) electrons. The Bertz CT molecular complexity index is 366. The predicted octanol–water partition coefficient (Wildman–Crippen LogP) is 2.75. The Morgan fingerprint density at radius 1 is 1.29 bits per heavy atom. The molecule has 3 heteroatoms. The van der Waals surface area contributed by atoms with Gasteiger partial charge >= 0.3 is 0 Å². The van der Waals surface area contributed by atoms with Crippen LogP contribution in [-0.4, -0.2) is 17.9 Å².